The van der Waals surface area contributed by atoms with Crippen LogP contribution in [0, 0.1) is 0 Å². The summed E-state index contributed by atoms with van der Waals surface area (Å²) in [6, 6.07) is -1.28. The lowest BCUT2D eigenvalue weighted by atomic mass is 10.1. The van der Waals surface area contributed by atoms with Crippen LogP contribution in [0.4, 0.5) is 0 Å². The van der Waals surface area contributed by atoms with Crippen LogP contribution < -0.4 is 5.32 Å². The topological polar surface area (TPSA) is 122 Å². The predicted octanol–water partition coefficient (Wildman–Crippen LogP) is -0.691. The van der Waals surface area contributed by atoms with Gasteiger partial charge in [0.05, 0.1) is 0 Å². The van der Waals surface area contributed by atoms with E-state index in [1.165, 1.54) is 0 Å². The minimum atomic E-state index is -1.30. The molecule has 1 atom stereocenters. The van der Waals surface area contributed by atoms with Crippen molar-refractivity contribution in [3.63, 3.8) is 0 Å². The summed E-state index contributed by atoms with van der Waals surface area (Å²) in [6.45, 7) is 0.518. The molecule has 0 aromatic rings. The van der Waals surface area contributed by atoms with Crippen LogP contribution in [0.15, 0.2) is 12.0 Å². The van der Waals surface area contributed by atoms with Crippen LogP contribution >= 0.6 is 0 Å². The maximum atomic E-state index is 11.6. The molecule has 1 heterocycles. The van der Waals surface area contributed by atoms with Gasteiger partial charge in [0.1, 0.15) is 25.5 Å². The highest BCUT2D eigenvalue weighted by molar-refractivity contribution is 5.94. The van der Waals surface area contributed by atoms with Crippen molar-refractivity contribution in [1.82, 2.24) is 5.32 Å². The van der Waals surface area contributed by atoms with Gasteiger partial charge in [0.25, 0.3) is 5.91 Å². The fourth-order valence-corrected chi connectivity index (χ4v) is 1.24. The highest BCUT2D eigenvalue weighted by Crippen LogP contribution is 2.06. The van der Waals surface area contributed by atoms with Crippen LogP contribution in [0.2, 0.25) is 0 Å². The molecule has 8 nitrogen and oxygen atoms in total. The highest BCUT2D eigenvalue weighted by Gasteiger charge is 2.24. The first-order valence-corrected chi connectivity index (χ1v) is 5.20. The highest BCUT2D eigenvalue weighted by atomic mass is 16.6. The average molecular weight is 259 g/mol. The molecular weight excluding hydrogens is 246 g/mol. The fraction of sp³-hybridized carbons (Fsp3) is 0.500. The Balaban J connectivity index is 2.54. The molecule has 0 saturated carbocycles. The van der Waals surface area contributed by atoms with Crippen LogP contribution in [0.5, 0.6) is 0 Å². The Morgan fingerprint density at radius 1 is 1.33 bits per heavy atom. The van der Waals surface area contributed by atoms with Crippen LogP contribution in [-0.4, -0.2) is 47.3 Å². The van der Waals surface area contributed by atoms with Crippen LogP contribution in [0.3, 0.4) is 0 Å². The van der Waals surface area contributed by atoms with Crippen molar-refractivity contribution in [2.24, 2.45) is 0 Å². The van der Waals surface area contributed by atoms with Crippen molar-refractivity contribution in [3.8, 4) is 0 Å². The Bertz CT molecular complexity index is 376. The van der Waals surface area contributed by atoms with Gasteiger partial charge < -0.3 is 25.0 Å². The molecule has 1 unspecified atom stereocenters. The van der Waals surface area contributed by atoms with E-state index in [9.17, 15) is 14.4 Å². The zero-order valence-corrected chi connectivity index (χ0v) is 9.42. The number of carbonyl (C=O) groups excluding carboxylic acids is 1. The van der Waals surface area contributed by atoms with Crippen LogP contribution in [0.1, 0.15) is 12.8 Å². The van der Waals surface area contributed by atoms with Crippen molar-refractivity contribution in [2.75, 3.05) is 13.2 Å². The lowest BCUT2D eigenvalue weighted by Crippen LogP contribution is -2.42. The summed E-state index contributed by atoms with van der Waals surface area (Å²) in [7, 11) is 0. The third-order valence-corrected chi connectivity index (χ3v) is 2.12. The van der Waals surface area contributed by atoms with Gasteiger partial charge in [-0.2, -0.15) is 0 Å². The molecule has 1 rings (SSSR count). The fourth-order valence-electron chi connectivity index (χ4n) is 1.24. The van der Waals surface area contributed by atoms with Gasteiger partial charge in [-0.25, -0.2) is 4.79 Å². The van der Waals surface area contributed by atoms with E-state index in [1.54, 1.807) is 0 Å². The first-order valence-electron chi connectivity index (χ1n) is 5.20. The van der Waals surface area contributed by atoms with E-state index < -0.39 is 23.9 Å². The molecular formula is C10H13NO7. The Kier molecular flexibility index (Phi) is 4.97. The molecule has 1 aliphatic heterocycles. The van der Waals surface area contributed by atoms with Gasteiger partial charge in [-0.15, -0.1) is 0 Å². The van der Waals surface area contributed by atoms with Gasteiger partial charge in [0, 0.05) is 6.42 Å². The summed E-state index contributed by atoms with van der Waals surface area (Å²) < 4.78 is 9.81. The van der Waals surface area contributed by atoms with E-state index in [0.717, 1.165) is 6.26 Å². The van der Waals surface area contributed by atoms with Gasteiger partial charge in [-0.3, -0.25) is 9.59 Å². The van der Waals surface area contributed by atoms with E-state index >= 15 is 0 Å². The number of rotatable bonds is 6. The largest absolute Gasteiger partial charge is 0.494 e. The molecule has 0 aliphatic carbocycles. The number of carboxylic acids is 2. The molecule has 0 fully saturated rings. The molecule has 0 radical (unpaired) electrons. The molecule has 8 heteroatoms. The molecule has 18 heavy (non-hydrogen) atoms. The summed E-state index contributed by atoms with van der Waals surface area (Å²) >= 11 is 0. The second kappa shape index (κ2) is 6.48. The summed E-state index contributed by atoms with van der Waals surface area (Å²) in [6.07, 6.45) is 0.535. The number of carbonyl (C=O) groups is 3. The van der Waals surface area contributed by atoms with Crippen molar-refractivity contribution in [1.29, 1.82) is 0 Å². The Morgan fingerprint density at radius 2 is 2.06 bits per heavy atom. The maximum Gasteiger partial charge on any atom is 0.326 e. The van der Waals surface area contributed by atoms with E-state index in [2.05, 4.69) is 5.32 Å². The summed E-state index contributed by atoms with van der Waals surface area (Å²) in [5.41, 5.74) is 0. The number of amides is 1. The van der Waals surface area contributed by atoms with E-state index in [0.29, 0.717) is 6.61 Å². The number of nitrogens with one attached hydrogen (secondary N) is 1. The Labute approximate surface area is 102 Å². The average Bonchev–Trinajstić information content (AvgIpc) is 2.34. The Hall–Kier alpha value is -2.25. The Morgan fingerprint density at radius 3 is 2.56 bits per heavy atom. The minimum absolute atomic E-state index is 0.122. The quantitative estimate of drug-likeness (QED) is 0.577. The number of hydrogen-bond donors (Lipinski definition) is 3. The SMILES string of the molecule is O=C(O)CCC(NC(=O)C1=COCCO1)C(=O)O. The zero-order chi connectivity index (χ0) is 13.5. The second-order valence-corrected chi connectivity index (χ2v) is 3.50. The molecule has 3 N–H and O–H groups in total. The van der Waals surface area contributed by atoms with Crippen LogP contribution in [0.25, 0.3) is 0 Å². The number of carboxylic acid groups (broad SMARTS) is 2. The van der Waals surface area contributed by atoms with Gasteiger partial charge >= 0.3 is 11.9 Å². The second-order valence-electron chi connectivity index (χ2n) is 3.50. The monoisotopic (exact) mass is 259 g/mol. The third-order valence-electron chi connectivity index (χ3n) is 2.12. The molecule has 1 amide bonds. The maximum absolute atomic E-state index is 11.6. The minimum Gasteiger partial charge on any atom is -0.494 e. The number of hydrogen-bond acceptors (Lipinski definition) is 5. The number of aliphatic carboxylic acids is 2. The van der Waals surface area contributed by atoms with Crippen molar-refractivity contribution >= 4 is 17.8 Å². The molecule has 0 saturated heterocycles. The molecule has 1 aliphatic rings. The van der Waals surface area contributed by atoms with E-state index in [1.807, 2.05) is 0 Å². The summed E-state index contributed by atoms with van der Waals surface area (Å²) in [4.78, 5) is 32.7. The van der Waals surface area contributed by atoms with Gasteiger partial charge in [-0.05, 0) is 6.42 Å². The van der Waals surface area contributed by atoms with E-state index in [-0.39, 0.29) is 25.2 Å². The number of ether oxygens (including phenoxy) is 2. The lowest BCUT2D eigenvalue weighted by Gasteiger charge is -2.18. The smallest absolute Gasteiger partial charge is 0.326 e. The van der Waals surface area contributed by atoms with Crippen molar-refractivity contribution in [2.45, 2.75) is 18.9 Å². The molecule has 0 aromatic carbocycles. The zero-order valence-electron chi connectivity index (χ0n) is 9.42. The normalized spacial score (nSPS) is 15.7. The molecule has 0 aromatic heterocycles. The molecule has 0 spiro atoms. The molecule has 0 bridgehead atoms. The predicted molar refractivity (Wildman–Crippen MR) is 56.4 cm³/mol. The summed E-state index contributed by atoms with van der Waals surface area (Å²) in [5.74, 6) is -3.30. The van der Waals surface area contributed by atoms with Crippen LogP contribution in [-0.2, 0) is 23.9 Å². The molecule has 100 valence electrons. The van der Waals surface area contributed by atoms with Gasteiger partial charge in [-0.1, -0.05) is 0 Å². The lowest BCUT2D eigenvalue weighted by molar-refractivity contribution is -0.143. The first kappa shape index (κ1) is 13.8. The van der Waals surface area contributed by atoms with Crippen molar-refractivity contribution < 1.29 is 34.1 Å². The standard InChI is InChI=1S/C10H13NO7/c12-8(13)2-1-6(10(15)16)11-9(14)7-5-17-3-4-18-7/h5-6H,1-4H2,(H,11,14)(H,12,13)(H,15,16). The third kappa shape index (κ3) is 4.32. The van der Waals surface area contributed by atoms with E-state index in [4.69, 9.17) is 19.7 Å². The summed E-state index contributed by atoms with van der Waals surface area (Å²) in [5, 5.41) is 19.5. The first-order chi connectivity index (χ1) is 8.50. The van der Waals surface area contributed by atoms with Gasteiger partial charge in [0.15, 0.2) is 0 Å². The van der Waals surface area contributed by atoms with Gasteiger partial charge in [0.2, 0.25) is 5.76 Å². The van der Waals surface area contributed by atoms with Crippen molar-refractivity contribution in [3.05, 3.63) is 12.0 Å².